The van der Waals surface area contributed by atoms with Crippen molar-refractivity contribution in [3.63, 3.8) is 0 Å². The Morgan fingerprint density at radius 1 is 1.35 bits per heavy atom. The minimum atomic E-state index is 0.147. The number of hydrogen-bond donors (Lipinski definition) is 1. The van der Waals surface area contributed by atoms with Crippen LogP contribution in [0.25, 0.3) is 0 Å². The fourth-order valence-corrected chi connectivity index (χ4v) is 3.62. The number of hydrogen-bond acceptors (Lipinski definition) is 2. The second-order valence-corrected chi connectivity index (χ2v) is 6.81. The molecule has 1 aliphatic rings. The van der Waals surface area contributed by atoms with Gasteiger partial charge in [0.15, 0.2) is 0 Å². The van der Waals surface area contributed by atoms with Gasteiger partial charge in [-0.2, -0.15) is 0 Å². The predicted octanol–water partition coefficient (Wildman–Crippen LogP) is 4.49. The van der Waals surface area contributed by atoms with Gasteiger partial charge in [0.2, 0.25) is 0 Å². The molecule has 0 aromatic heterocycles. The Kier molecular flexibility index (Phi) is 6.53. The fraction of sp³-hybridized carbons (Fsp3) is 0.647. The van der Waals surface area contributed by atoms with Gasteiger partial charge < -0.3 is 10.6 Å². The molecule has 0 bridgehead atoms. The maximum Gasteiger partial charge on any atom is 0.0307 e. The first kappa shape index (κ1) is 16.0. The molecule has 1 heterocycles. The van der Waals surface area contributed by atoms with Crippen molar-refractivity contribution in [2.75, 3.05) is 13.1 Å². The van der Waals surface area contributed by atoms with Crippen LogP contribution in [0.15, 0.2) is 28.7 Å². The molecule has 0 saturated carbocycles. The van der Waals surface area contributed by atoms with Crippen LogP contribution in [0.2, 0.25) is 0 Å². The Morgan fingerprint density at radius 3 is 2.95 bits per heavy atom. The average Bonchev–Trinajstić information content (AvgIpc) is 2.69. The summed E-state index contributed by atoms with van der Waals surface area (Å²) < 4.78 is 1.12. The maximum atomic E-state index is 6.36. The highest BCUT2D eigenvalue weighted by Gasteiger charge is 2.19. The van der Waals surface area contributed by atoms with Crippen molar-refractivity contribution >= 4 is 15.9 Å². The number of rotatable bonds is 5. The highest BCUT2D eigenvalue weighted by molar-refractivity contribution is 9.10. The first-order chi connectivity index (χ1) is 9.70. The second kappa shape index (κ2) is 8.16. The van der Waals surface area contributed by atoms with E-state index in [0.29, 0.717) is 0 Å². The quantitative estimate of drug-likeness (QED) is 0.856. The van der Waals surface area contributed by atoms with Crippen LogP contribution in [0, 0.1) is 0 Å². The fourth-order valence-electron chi connectivity index (χ4n) is 3.20. The zero-order valence-corrected chi connectivity index (χ0v) is 14.1. The first-order valence-electron chi connectivity index (χ1n) is 7.95. The van der Waals surface area contributed by atoms with Crippen molar-refractivity contribution in [3.05, 3.63) is 34.3 Å². The normalized spacial score (nSPS) is 22.4. The van der Waals surface area contributed by atoms with E-state index < -0.39 is 0 Å². The molecule has 2 atom stereocenters. The van der Waals surface area contributed by atoms with Crippen LogP contribution < -0.4 is 5.73 Å². The van der Waals surface area contributed by atoms with E-state index in [-0.39, 0.29) is 6.04 Å². The van der Waals surface area contributed by atoms with Gasteiger partial charge in [-0.15, -0.1) is 0 Å². The van der Waals surface area contributed by atoms with Gasteiger partial charge in [0.25, 0.3) is 0 Å². The Hall–Kier alpha value is -0.380. The average molecular weight is 339 g/mol. The number of likely N-dealkylation sites (tertiary alicyclic amines) is 1. The topological polar surface area (TPSA) is 29.3 Å². The van der Waals surface area contributed by atoms with Gasteiger partial charge in [0, 0.05) is 23.1 Å². The molecular weight excluding hydrogens is 312 g/mol. The molecule has 1 aromatic carbocycles. The summed E-state index contributed by atoms with van der Waals surface area (Å²) in [4.78, 5) is 2.67. The van der Waals surface area contributed by atoms with E-state index in [4.69, 9.17) is 5.73 Å². The van der Waals surface area contributed by atoms with Crippen molar-refractivity contribution in [1.29, 1.82) is 0 Å². The third-order valence-corrected chi connectivity index (χ3v) is 4.97. The minimum Gasteiger partial charge on any atom is -0.324 e. The van der Waals surface area contributed by atoms with Gasteiger partial charge in [0.1, 0.15) is 0 Å². The van der Waals surface area contributed by atoms with Gasteiger partial charge in [-0.1, -0.05) is 47.8 Å². The monoisotopic (exact) mass is 338 g/mol. The van der Waals surface area contributed by atoms with E-state index in [1.807, 2.05) is 0 Å². The number of halogens is 1. The van der Waals surface area contributed by atoms with Crippen LogP contribution in [-0.2, 0) is 0 Å². The molecule has 2 unspecified atom stereocenters. The Balaban J connectivity index is 1.89. The van der Waals surface area contributed by atoms with E-state index in [0.717, 1.165) is 23.5 Å². The summed E-state index contributed by atoms with van der Waals surface area (Å²) in [6.07, 6.45) is 7.82. The third-order valence-electron chi connectivity index (χ3n) is 4.47. The van der Waals surface area contributed by atoms with Crippen LogP contribution in [-0.4, -0.2) is 24.0 Å². The van der Waals surface area contributed by atoms with Gasteiger partial charge in [0.05, 0.1) is 0 Å². The largest absolute Gasteiger partial charge is 0.324 e. The van der Waals surface area contributed by atoms with Crippen LogP contribution in [0.4, 0.5) is 0 Å². The lowest BCUT2D eigenvalue weighted by Gasteiger charge is -2.30. The third kappa shape index (κ3) is 4.57. The first-order valence-corrected chi connectivity index (χ1v) is 8.75. The van der Waals surface area contributed by atoms with Gasteiger partial charge in [-0.25, -0.2) is 0 Å². The standard InChI is InChI=1S/C17H27BrN2/c1-2-16-9-4-3-5-11-20(16)12-10-17(19)14-7-6-8-15(18)13-14/h6-8,13,16-17H,2-5,9-12,19H2,1H3. The SMILES string of the molecule is CCC1CCCCCN1CCC(N)c1cccc(Br)c1. The summed E-state index contributed by atoms with van der Waals surface area (Å²) in [5.41, 5.74) is 7.60. The van der Waals surface area contributed by atoms with Crippen molar-refractivity contribution in [1.82, 2.24) is 4.90 Å². The zero-order chi connectivity index (χ0) is 14.4. The maximum absolute atomic E-state index is 6.36. The molecule has 1 fully saturated rings. The van der Waals surface area contributed by atoms with Crippen LogP contribution in [0.3, 0.4) is 0 Å². The van der Waals surface area contributed by atoms with Crippen molar-refractivity contribution < 1.29 is 0 Å². The Morgan fingerprint density at radius 2 is 2.20 bits per heavy atom. The van der Waals surface area contributed by atoms with Gasteiger partial charge in [-0.05, 0) is 49.9 Å². The summed E-state index contributed by atoms with van der Waals surface area (Å²) in [6, 6.07) is 9.32. The van der Waals surface area contributed by atoms with Crippen LogP contribution in [0.1, 0.15) is 57.1 Å². The molecule has 1 saturated heterocycles. The lowest BCUT2D eigenvalue weighted by atomic mass is 10.0. The summed E-state index contributed by atoms with van der Waals surface area (Å²) in [6.45, 7) is 4.70. The second-order valence-electron chi connectivity index (χ2n) is 5.90. The van der Waals surface area contributed by atoms with Crippen LogP contribution >= 0.6 is 15.9 Å². The van der Waals surface area contributed by atoms with Crippen molar-refractivity contribution in [3.8, 4) is 0 Å². The Labute approximate surface area is 131 Å². The summed E-state index contributed by atoms with van der Waals surface area (Å²) in [5, 5.41) is 0. The van der Waals surface area contributed by atoms with E-state index in [2.05, 4.69) is 52.0 Å². The molecule has 2 nitrogen and oxygen atoms in total. The van der Waals surface area contributed by atoms with E-state index in [1.165, 1.54) is 44.2 Å². The van der Waals surface area contributed by atoms with E-state index in [9.17, 15) is 0 Å². The molecule has 1 aliphatic heterocycles. The molecule has 2 N–H and O–H groups in total. The van der Waals surface area contributed by atoms with Crippen LogP contribution in [0.5, 0.6) is 0 Å². The molecule has 1 aromatic rings. The van der Waals surface area contributed by atoms with Gasteiger partial charge in [-0.3, -0.25) is 0 Å². The molecule has 0 amide bonds. The lowest BCUT2D eigenvalue weighted by molar-refractivity contribution is 0.188. The summed E-state index contributed by atoms with van der Waals surface area (Å²) >= 11 is 3.52. The highest BCUT2D eigenvalue weighted by Crippen LogP contribution is 2.23. The molecule has 3 heteroatoms. The number of benzene rings is 1. The molecule has 0 radical (unpaired) electrons. The summed E-state index contributed by atoms with van der Waals surface area (Å²) in [7, 11) is 0. The number of nitrogens with zero attached hydrogens (tertiary/aromatic N) is 1. The lowest BCUT2D eigenvalue weighted by Crippen LogP contribution is -2.36. The molecular formula is C17H27BrN2. The molecule has 2 rings (SSSR count). The van der Waals surface area contributed by atoms with Crippen molar-refractivity contribution in [2.45, 2.75) is 57.5 Å². The minimum absolute atomic E-state index is 0.147. The molecule has 20 heavy (non-hydrogen) atoms. The smallest absolute Gasteiger partial charge is 0.0307 e. The predicted molar refractivity (Wildman–Crippen MR) is 89.8 cm³/mol. The van der Waals surface area contributed by atoms with Crippen molar-refractivity contribution in [2.24, 2.45) is 5.73 Å². The summed E-state index contributed by atoms with van der Waals surface area (Å²) in [5.74, 6) is 0. The molecule has 0 spiro atoms. The highest BCUT2D eigenvalue weighted by atomic mass is 79.9. The van der Waals surface area contributed by atoms with E-state index in [1.54, 1.807) is 0 Å². The van der Waals surface area contributed by atoms with Gasteiger partial charge >= 0.3 is 0 Å². The number of nitrogens with two attached hydrogens (primary N) is 1. The Bertz CT molecular complexity index is 408. The molecule has 112 valence electrons. The zero-order valence-electron chi connectivity index (χ0n) is 12.5. The molecule has 0 aliphatic carbocycles. The van der Waals surface area contributed by atoms with E-state index >= 15 is 0 Å².